The molecule has 1 aromatic heterocycles. The second-order valence-electron chi connectivity index (χ2n) is 5.87. The molecule has 0 saturated carbocycles. The minimum Gasteiger partial charge on any atom is -0.493 e. The highest BCUT2D eigenvalue weighted by Crippen LogP contribution is 2.28. The average Bonchev–Trinajstić information content (AvgIpc) is 3.03. The zero-order chi connectivity index (χ0) is 18.5. The third kappa shape index (κ3) is 4.12. The molecule has 9 nitrogen and oxygen atoms in total. The van der Waals surface area contributed by atoms with Gasteiger partial charge in [0.25, 0.3) is 0 Å². The fraction of sp³-hybridized carbons (Fsp3) is 0.471. The van der Waals surface area contributed by atoms with Crippen LogP contribution in [0.3, 0.4) is 0 Å². The molecule has 0 bridgehead atoms. The number of aromatic nitrogens is 3. The first-order chi connectivity index (χ1) is 12.6. The van der Waals surface area contributed by atoms with E-state index >= 15 is 0 Å². The monoisotopic (exact) mass is 362 g/mol. The van der Waals surface area contributed by atoms with Gasteiger partial charge in [-0.15, -0.1) is 0 Å². The van der Waals surface area contributed by atoms with Crippen molar-refractivity contribution in [3.63, 3.8) is 0 Å². The van der Waals surface area contributed by atoms with E-state index in [0.717, 1.165) is 12.1 Å². The number of morpholine rings is 1. The van der Waals surface area contributed by atoms with Crippen molar-refractivity contribution in [2.75, 3.05) is 33.9 Å². The quantitative estimate of drug-likeness (QED) is 0.738. The van der Waals surface area contributed by atoms with Crippen LogP contribution in [0.2, 0.25) is 0 Å². The van der Waals surface area contributed by atoms with Crippen LogP contribution >= 0.6 is 0 Å². The van der Waals surface area contributed by atoms with E-state index in [0.29, 0.717) is 42.7 Å². The summed E-state index contributed by atoms with van der Waals surface area (Å²) in [6.45, 7) is 1.64. The molecule has 1 atom stereocenters. The Morgan fingerprint density at radius 2 is 2.19 bits per heavy atom. The van der Waals surface area contributed by atoms with E-state index in [1.165, 1.54) is 4.68 Å². The lowest BCUT2D eigenvalue weighted by Gasteiger charge is -2.22. The number of methoxy groups -OCH3 is 2. The highest BCUT2D eigenvalue weighted by molar-refractivity contribution is 5.66. The summed E-state index contributed by atoms with van der Waals surface area (Å²) < 4.78 is 17.7. The number of nitrogens with one attached hydrogen (secondary N) is 1. The standard InChI is InChI=1S/C17H22N4O5/c1-24-12-4-3-11(7-13(12)25-2)8-15-19-17(14-9-18-5-6-26-14)21(20-15)10-16(22)23/h3-4,7,14,18H,5-6,8-10H2,1-2H3,(H,22,23). The van der Waals surface area contributed by atoms with Gasteiger partial charge in [-0.3, -0.25) is 4.79 Å². The van der Waals surface area contributed by atoms with E-state index in [2.05, 4.69) is 15.4 Å². The van der Waals surface area contributed by atoms with Crippen molar-refractivity contribution >= 4 is 5.97 Å². The van der Waals surface area contributed by atoms with Crippen molar-refractivity contribution in [3.05, 3.63) is 35.4 Å². The molecule has 2 N–H and O–H groups in total. The van der Waals surface area contributed by atoms with Gasteiger partial charge >= 0.3 is 5.97 Å². The second-order valence-corrected chi connectivity index (χ2v) is 5.87. The molecule has 2 heterocycles. The van der Waals surface area contributed by atoms with Crippen molar-refractivity contribution in [1.82, 2.24) is 20.1 Å². The largest absolute Gasteiger partial charge is 0.493 e. The third-order valence-corrected chi connectivity index (χ3v) is 4.06. The number of carboxylic acids is 1. The molecule has 9 heteroatoms. The molecule has 0 radical (unpaired) electrons. The molecular formula is C17H22N4O5. The lowest BCUT2D eigenvalue weighted by molar-refractivity contribution is -0.138. The Hall–Kier alpha value is -2.65. The lowest BCUT2D eigenvalue weighted by Crippen LogP contribution is -2.35. The molecule has 0 aliphatic carbocycles. The summed E-state index contributed by atoms with van der Waals surface area (Å²) >= 11 is 0. The van der Waals surface area contributed by atoms with Crippen molar-refractivity contribution in [2.45, 2.75) is 19.1 Å². The molecular weight excluding hydrogens is 340 g/mol. The first-order valence-electron chi connectivity index (χ1n) is 8.29. The normalized spacial score (nSPS) is 17.1. The molecule has 140 valence electrons. The fourth-order valence-corrected chi connectivity index (χ4v) is 2.86. The Kier molecular flexibility index (Phi) is 5.69. The van der Waals surface area contributed by atoms with Crippen LogP contribution in [0.25, 0.3) is 0 Å². The van der Waals surface area contributed by atoms with Crippen LogP contribution < -0.4 is 14.8 Å². The van der Waals surface area contributed by atoms with Gasteiger partial charge in [-0.1, -0.05) is 6.07 Å². The Morgan fingerprint density at radius 1 is 1.38 bits per heavy atom. The summed E-state index contributed by atoms with van der Waals surface area (Å²) in [5, 5.41) is 16.7. The molecule has 1 unspecified atom stereocenters. The number of carboxylic acid groups (broad SMARTS) is 1. The van der Waals surface area contributed by atoms with E-state index in [1.54, 1.807) is 14.2 Å². The van der Waals surface area contributed by atoms with Crippen LogP contribution in [0, 0.1) is 0 Å². The molecule has 1 aliphatic rings. The number of hydrogen-bond acceptors (Lipinski definition) is 7. The average molecular weight is 362 g/mol. The van der Waals surface area contributed by atoms with Crippen LogP contribution in [0.1, 0.15) is 23.3 Å². The van der Waals surface area contributed by atoms with Crippen LogP contribution in [-0.4, -0.2) is 59.8 Å². The minimum absolute atomic E-state index is 0.256. The Balaban J connectivity index is 1.85. The Morgan fingerprint density at radius 3 is 2.85 bits per heavy atom. The molecule has 26 heavy (non-hydrogen) atoms. The van der Waals surface area contributed by atoms with E-state index in [1.807, 2.05) is 18.2 Å². The fourth-order valence-electron chi connectivity index (χ4n) is 2.86. The third-order valence-electron chi connectivity index (χ3n) is 4.06. The zero-order valence-electron chi connectivity index (χ0n) is 14.8. The summed E-state index contributed by atoms with van der Waals surface area (Å²) in [4.78, 5) is 15.7. The summed E-state index contributed by atoms with van der Waals surface area (Å²) in [5.74, 6) is 1.34. The minimum atomic E-state index is -0.974. The maximum Gasteiger partial charge on any atom is 0.325 e. The van der Waals surface area contributed by atoms with Crippen LogP contribution in [0.15, 0.2) is 18.2 Å². The maximum atomic E-state index is 11.1. The van der Waals surface area contributed by atoms with Crippen LogP contribution in [0.4, 0.5) is 0 Å². The predicted molar refractivity (Wildman–Crippen MR) is 91.6 cm³/mol. The molecule has 0 amide bonds. The Labute approximate surface area is 150 Å². The lowest BCUT2D eigenvalue weighted by atomic mass is 10.1. The number of nitrogens with zero attached hydrogens (tertiary/aromatic N) is 3. The molecule has 1 saturated heterocycles. The van der Waals surface area contributed by atoms with Crippen LogP contribution in [0.5, 0.6) is 11.5 Å². The van der Waals surface area contributed by atoms with Gasteiger partial charge in [-0.05, 0) is 17.7 Å². The van der Waals surface area contributed by atoms with E-state index in [9.17, 15) is 4.79 Å². The van der Waals surface area contributed by atoms with E-state index in [-0.39, 0.29) is 12.6 Å². The van der Waals surface area contributed by atoms with E-state index < -0.39 is 5.97 Å². The van der Waals surface area contributed by atoms with Gasteiger partial charge in [0.05, 0.1) is 20.8 Å². The van der Waals surface area contributed by atoms with Crippen LogP contribution in [-0.2, 0) is 22.5 Å². The summed E-state index contributed by atoms with van der Waals surface area (Å²) in [6, 6.07) is 5.57. The molecule has 1 aliphatic heterocycles. The molecule has 0 spiro atoms. The summed E-state index contributed by atoms with van der Waals surface area (Å²) in [6.07, 6.45) is 0.134. The number of carbonyl (C=O) groups is 1. The van der Waals surface area contributed by atoms with Gasteiger partial charge in [0.1, 0.15) is 12.6 Å². The highest BCUT2D eigenvalue weighted by atomic mass is 16.5. The maximum absolute atomic E-state index is 11.1. The second kappa shape index (κ2) is 8.15. The molecule has 1 aromatic carbocycles. The van der Waals surface area contributed by atoms with Gasteiger partial charge in [0.2, 0.25) is 0 Å². The number of aliphatic carboxylic acids is 1. The topological polar surface area (TPSA) is 108 Å². The number of hydrogen-bond donors (Lipinski definition) is 2. The molecule has 1 fully saturated rings. The van der Waals surface area contributed by atoms with Crippen molar-refractivity contribution in [1.29, 1.82) is 0 Å². The van der Waals surface area contributed by atoms with E-state index in [4.69, 9.17) is 19.3 Å². The van der Waals surface area contributed by atoms with Crippen molar-refractivity contribution < 1.29 is 24.1 Å². The first-order valence-corrected chi connectivity index (χ1v) is 8.29. The van der Waals surface area contributed by atoms with Gasteiger partial charge in [-0.25, -0.2) is 9.67 Å². The number of ether oxygens (including phenoxy) is 3. The van der Waals surface area contributed by atoms with Gasteiger partial charge < -0.3 is 24.6 Å². The van der Waals surface area contributed by atoms with Crippen molar-refractivity contribution in [3.8, 4) is 11.5 Å². The number of benzene rings is 1. The highest BCUT2D eigenvalue weighted by Gasteiger charge is 2.24. The summed E-state index contributed by atoms with van der Waals surface area (Å²) in [5.41, 5.74) is 0.935. The molecule has 3 rings (SSSR count). The van der Waals surface area contributed by atoms with Gasteiger partial charge in [0.15, 0.2) is 23.1 Å². The first kappa shape index (κ1) is 18.2. The van der Waals surface area contributed by atoms with Crippen molar-refractivity contribution in [2.24, 2.45) is 0 Å². The number of rotatable bonds is 7. The smallest absolute Gasteiger partial charge is 0.325 e. The Bertz CT molecular complexity index is 771. The summed E-state index contributed by atoms with van der Waals surface area (Å²) in [7, 11) is 3.16. The molecule has 2 aromatic rings. The zero-order valence-corrected chi connectivity index (χ0v) is 14.8. The SMILES string of the molecule is COc1ccc(Cc2nc(C3CNCCO3)n(CC(=O)O)n2)cc1OC. The van der Waals surface area contributed by atoms with Gasteiger partial charge in [0, 0.05) is 19.5 Å². The van der Waals surface area contributed by atoms with Gasteiger partial charge in [-0.2, -0.15) is 5.10 Å². The predicted octanol–water partition coefficient (Wildman–Crippen LogP) is 0.632.